The van der Waals surface area contributed by atoms with Crippen molar-refractivity contribution >= 4 is 0 Å². The van der Waals surface area contributed by atoms with Gasteiger partial charge in [-0.25, -0.2) is 5.01 Å². The van der Waals surface area contributed by atoms with Gasteiger partial charge in [0.05, 0.1) is 0 Å². The highest BCUT2D eigenvalue weighted by molar-refractivity contribution is 4.57. The third kappa shape index (κ3) is 36.0. The van der Waals surface area contributed by atoms with Gasteiger partial charge in [-0.15, -0.1) is 0 Å². The third-order valence-corrected chi connectivity index (χ3v) is 9.00. The Labute approximate surface area is 262 Å². The van der Waals surface area contributed by atoms with Gasteiger partial charge in [-0.05, 0) is 31.1 Å². The summed E-state index contributed by atoms with van der Waals surface area (Å²) >= 11 is 0. The monoisotopic (exact) mass is 579 g/mol. The van der Waals surface area contributed by atoms with Crippen molar-refractivity contribution in [1.82, 2.24) is 10.4 Å². The van der Waals surface area contributed by atoms with Crippen LogP contribution >= 0.6 is 0 Å². The molecule has 0 aromatic heterocycles. The van der Waals surface area contributed by atoms with Crippen molar-refractivity contribution in [2.45, 2.75) is 221 Å². The lowest BCUT2D eigenvalue weighted by atomic mass is 10.0. The lowest BCUT2D eigenvalue weighted by Gasteiger charge is -2.23. The molecule has 248 valence electrons. The summed E-state index contributed by atoms with van der Waals surface area (Å²) in [4.78, 5) is 0. The van der Waals surface area contributed by atoms with Crippen LogP contribution in [0.25, 0.3) is 0 Å². The van der Waals surface area contributed by atoms with Crippen LogP contribution in [0.5, 0.6) is 0 Å². The van der Waals surface area contributed by atoms with Crippen molar-refractivity contribution in [3.8, 4) is 0 Å². The van der Waals surface area contributed by atoms with Gasteiger partial charge >= 0.3 is 0 Å². The minimum absolute atomic E-state index is 0.889. The van der Waals surface area contributed by atoms with Crippen molar-refractivity contribution in [3.63, 3.8) is 0 Å². The van der Waals surface area contributed by atoms with Gasteiger partial charge in [0.25, 0.3) is 0 Å². The molecule has 0 spiro atoms. The van der Waals surface area contributed by atoms with E-state index in [2.05, 4.69) is 45.1 Å². The molecular weight excluding hydrogens is 496 g/mol. The summed E-state index contributed by atoms with van der Waals surface area (Å²) in [6.07, 6.45) is 41.8. The van der Waals surface area contributed by atoms with Crippen molar-refractivity contribution in [3.05, 3.63) is 0 Å². The molecule has 0 aliphatic heterocycles. The highest BCUT2D eigenvalue weighted by Gasteiger charge is 2.04. The first-order chi connectivity index (χ1) is 20.1. The summed E-state index contributed by atoms with van der Waals surface area (Å²) in [5.74, 6) is 1.78. The minimum atomic E-state index is 0.889. The van der Waals surface area contributed by atoms with Gasteiger partial charge in [0.2, 0.25) is 0 Å². The molecule has 0 saturated carbocycles. The van der Waals surface area contributed by atoms with E-state index in [1.54, 1.807) is 0 Å². The molecule has 0 aromatic carbocycles. The van der Waals surface area contributed by atoms with E-state index < -0.39 is 0 Å². The Morgan fingerprint density at radius 2 is 0.610 bits per heavy atom. The molecule has 0 radical (unpaired) electrons. The Balaban J connectivity index is 3.46. The van der Waals surface area contributed by atoms with Crippen LogP contribution in [0.2, 0.25) is 0 Å². The molecule has 0 bridgehead atoms. The van der Waals surface area contributed by atoms with Gasteiger partial charge < -0.3 is 0 Å². The molecule has 0 saturated heterocycles. The first-order valence-electron chi connectivity index (χ1n) is 19.5. The molecule has 0 aromatic rings. The number of rotatable bonds is 35. The summed E-state index contributed by atoms with van der Waals surface area (Å²) in [5, 5.41) is 2.55. The Hall–Kier alpha value is -0.0800. The van der Waals surface area contributed by atoms with E-state index in [-0.39, 0.29) is 0 Å². The second-order valence-corrected chi connectivity index (χ2v) is 14.5. The van der Waals surface area contributed by atoms with Gasteiger partial charge in [0, 0.05) is 19.6 Å². The van der Waals surface area contributed by atoms with Crippen LogP contribution in [0.4, 0.5) is 0 Å². The van der Waals surface area contributed by atoms with Crippen LogP contribution in [0, 0.1) is 11.8 Å². The largest absolute Gasteiger partial charge is 0.255 e. The number of hydrogen-bond donors (Lipinski definition) is 1. The van der Waals surface area contributed by atoms with Gasteiger partial charge in [-0.3, -0.25) is 5.43 Å². The van der Waals surface area contributed by atoms with E-state index in [9.17, 15) is 0 Å². The molecule has 0 aliphatic rings. The highest BCUT2D eigenvalue weighted by Crippen LogP contribution is 2.16. The molecule has 0 aliphatic carbocycles. The predicted octanol–water partition coefficient (Wildman–Crippen LogP) is 13.4. The maximum Gasteiger partial charge on any atom is 0.0130 e. The smallest absolute Gasteiger partial charge is 0.0130 e. The molecule has 0 fully saturated rings. The molecule has 1 N–H and O–H groups in total. The number of hydrazine groups is 1. The average molecular weight is 579 g/mol. The SMILES string of the molecule is CCCNN(CCCCCCCCCCCCCCCC(C)C)CCCCCCCCCCCCCCCC(C)C. The van der Waals surface area contributed by atoms with E-state index in [1.165, 1.54) is 199 Å². The minimum Gasteiger partial charge on any atom is -0.255 e. The third-order valence-electron chi connectivity index (χ3n) is 9.00. The average Bonchev–Trinajstić information content (AvgIpc) is 2.94. The standard InChI is InChI=1S/C39H82N2/c1-6-35-40-41(36-31-27-23-19-15-11-7-9-13-17-21-25-29-33-38(2)3)37-32-28-24-20-16-12-8-10-14-18-22-26-30-34-39(4)5/h38-40H,6-37H2,1-5H3. The normalized spacial score (nSPS) is 12.0. The zero-order valence-electron chi connectivity index (χ0n) is 29.7. The summed E-state index contributed by atoms with van der Waals surface area (Å²) in [7, 11) is 0. The Kier molecular flexibility index (Phi) is 34.3. The van der Waals surface area contributed by atoms with E-state index in [0.29, 0.717) is 0 Å². The van der Waals surface area contributed by atoms with Gasteiger partial charge in [-0.1, -0.05) is 202 Å². The molecule has 41 heavy (non-hydrogen) atoms. The van der Waals surface area contributed by atoms with E-state index in [4.69, 9.17) is 0 Å². The lowest BCUT2D eigenvalue weighted by Crippen LogP contribution is -2.39. The van der Waals surface area contributed by atoms with Crippen molar-refractivity contribution in [2.24, 2.45) is 11.8 Å². The topological polar surface area (TPSA) is 15.3 Å². The van der Waals surface area contributed by atoms with Crippen LogP contribution in [-0.4, -0.2) is 24.6 Å². The second-order valence-electron chi connectivity index (χ2n) is 14.5. The van der Waals surface area contributed by atoms with Crippen LogP contribution < -0.4 is 5.43 Å². The van der Waals surface area contributed by atoms with Gasteiger partial charge in [0.15, 0.2) is 0 Å². The van der Waals surface area contributed by atoms with Crippen LogP contribution in [0.3, 0.4) is 0 Å². The Bertz CT molecular complexity index is 422. The van der Waals surface area contributed by atoms with Crippen LogP contribution in [0.15, 0.2) is 0 Å². The predicted molar refractivity (Wildman–Crippen MR) is 189 cm³/mol. The van der Waals surface area contributed by atoms with E-state index in [0.717, 1.165) is 18.4 Å². The molecular formula is C39H82N2. The van der Waals surface area contributed by atoms with Gasteiger partial charge in [0.1, 0.15) is 0 Å². The number of hydrogen-bond acceptors (Lipinski definition) is 2. The fourth-order valence-electron chi connectivity index (χ4n) is 6.14. The molecule has 0 atom stereocenters. The summed E-state index contributed by atoms with van der Waals surface area (Å²) in [6, 6.07) is 0. The lowest BCUT2D eigenvalue weighted by molar-refractivity contribution is 0.179. The molecule has 0 amide bonds. The van der Waals surface area contributed by atoms with E-state index in [1.807, 2.05) is 0 Å². The van der Waals surface area contributed by atoms with Crippen LogP contribution in [-0.2, 0) is 0 Å². The molecule has 2 nitrogen and oxygen atoms in total. The zero-order chi connectivity index (χ0) is 30.1. The summed E-state index contributed by atoms with van der Waals surface area (Å²) in [6.45, 7) is 15.3. The Morgan fingerprint density at radius 1 is 0.366 bits per heavy atom. The highest BCUT2D eigenvalue weighted by atomic mass is 15.5. The molecule has 0 rings (SSSR count). The first-order valence-corrected chi connectivity index (χ1v) is 19.5. The molecule has 0 unspecified atom stereocenters. The van der Waals surface area contributed by atoms with Crippen LogP contribution in [0.1, 0.15) is 221 Å². The maximum absolute atomic E-state index is 3.71. The molecule has 0 heterocycles. The summed E-state index contributed by atoms with van der Waals surface area (Å²) < 4.78 is 0. The quantitative estimate of drug-likeness (QED) is 0.0594. The van der Waals surface area contributed by atoms with Crippen molar-refractivity contribution < 1.29 is 0 Å². The number of nitrogens with zero attached hydrogens (tertiary/aromatic N) is 1. The number of unbranched alkanes of at least 4 members (excludes halogenated alkanes) is 24. The maximum atomic E-state index is 3.71. The van der Waals surface area contributed by atoms with Crippen molar-refractivity contribution in [2.75, 3.05) is 19.6 Å². The fourth-order valence-corrected chi connectivity index (χ4v) is 6.14. The van der Waals surface area contributed by atoms with Crippen molar-refractivity contribution in [1.29, 1.82) is 0 Å². The van der Waals surface area contributed by atoms with Gasteiger partial charge in [-0.2, -0.15) is 0 Å². The summed E-state index contributed by atoms with van der Waals surface area (Å²) in [5.41, 5.74) is 3.71. The second kappa shape index (κ2) is 34.4. The molecule has 2 heteroatoms. The van der Waals surface area contributed by atoms with E-state index >= 15 is 0 Å². The fraction of sp³-hybridized carbons (Fsp3) is 1.00. The Morgan fingerprint density at radius 3 is 0.854 bits per heavy atom. The zero-order valence-corrected chi connectivity index (χ0v) is 29.7. The first kappa shape index (κ1) is 40.9. The number of nitrogens with one attached hydrogen (secondary N) is 1.